The molecule has 4 heteroatoms. The van der Waals surface area contributed by atoms with Crippen molar-refractivity contribution in [3.63, 3.8) is 0 Å². The molecule has 0 amide bonds. The second-order valence-electron chi connectivity index (χ2n) is 9.37. The Hall–Kier alpha value is -2.88. The lowest BCUT2D eigenvalue weighted by Gasteiger charge is -2.43. The van der Waals surface area contributed by atoms with Gasteiger partial charge in [-0.3, -0.25) is 9.59 Å². The average molecular weight is 417 g/mol. The molecule has 0 heterocycles. The van der Waals surface area contributed by atoms with Crippen molar-refractivity contribution in [2.24, 2.45) is 16.7 Å². The Bertz CT molecular complexity index is 929. The van der Waals surface area contributed by atoms with Gasteiger partial charge in [-0.1, -0.05) is 72.3 Å². The Morgan fingerprint density at radius 2 is 1.32 bits per heavy atom. The first-order chi connectivity index (χ1) is 15.1. The number of hydrogen-bond donors (Lipinski definition) is 0. The van der Waals surface area contributed by atoms with Crippen molar-refractivity contribution >= 4 is 11.9 Å². The van der Waals surface area contributed by atoms with E-state index in [1.165, 1.54) is 5.57 Å². The molecule has 2 aromatic carbocycles. The van der Waals surface area contributed by atoms with E-state index >= 15 is 0 Å². The molecule has 0 radical (unpaired) electrons. The molecular weight excluding hydrogens is 388 g/mol. The Morgan fingerprint density at radius 3 is 1.81 bits per heavy atom. The second-order valence-corrected chi connectivity index (χ2v) is 9.37. The van der Waals surface area contributed by atoms with Crippen LogP contribution in [-0.2, 0) is 32.3 Å². The monoisotopic (exact) mass is 416 g/mol. The van der Waals surface area contributed by atoms with Crippen LogP contribution < -0.4 is 0 Å². The quantitative estimate of drug-likeness (QED) is 0.361. The third kappa shape index (κ3) is 3.69. The van der Waals surface area contributed by atoms with Crippen LogP contribution in [0.5, 0.6) is 0 Å². The highest BCUT2D eigenvalue weighted by Crippen LogP contribution is 2.64. The number of carbonyl (C=O) groups excluding carboxylic acids is 2. The van der Waals surface area contributed by atoms with Gasteiger partial charge in [0, 0.05) is 0 Å². The van der Waals surface area contributed by atoms with Gasteiger partial charge >= 0.3 is 11.9 Å². The van der Waals surface area contributed by atoms with Crippen molar-refractivity contribution < 1.29 is 19.1 Å². The van der Waals surface area contributed by atoms with Crippen molar-refractivity contribution in [1.82, 2.24) is 0 Å². The summed E-state index contributed by atoms with van der Waals surface area (Å²) in [6, 6.07) is 19.2. The second kappa shape index (κ2) is 7.99. The van der Waals surface area contributed by atoms with E-state index in [9.17, 15) is 9.59 Å². The lowest BCUT2D eigenvalue weighted by molar-refractivity contribution is -0.174. The fraction of sp³-hybridized carbons (Fsp3) is 0.407. The van der Waals surface area contributed by atoms with Gasteiger partial charge in [0.05, 0.1) is 0 Å². The Balaban J connectivity index is 1.39. The molecule has 2 saturated carbocycles. The zero-order chi connectivity index (χ0) is 21.3. The van der Waals surface area contributed by atoms with Crippen LogP contribution in [0.15, 0.2) is 72.3 Å². The van der Waals surface area contributed by atoms with Crippen molar-refractivity contribution in [1.29, 1.82) is 0 Å². The summed E-state index contributed by atoms with van der Waals surface area (Å²) in [5, 5.41) is 0. The number of esters is 2. The van der Waals surface area contributed by atoms with Crippen LogP contribution in [0.4, 0.5) is 0 Å². The van der Waals surface area contributed by atoms with Gasteiger partial charge in [-0.15, -0.1) is 0 Å². The molecule has 0 aliphatic heterocycles. The zero-order valence-corrected chi connectivity index (χ0v) is 17.7. The van der Waals surface area contributed by atoms with E-state index in [2.05, 4.69) is 6.08 Å². The van der Waals surface area contributed by atoms with Gasteiger partial charge in [0.15, 0.2) is 5.41 Å². The smallest absolute Gasteiger partial charge is 0.324 e. The third-order valence-corrected chi connectivity index (χ3v) is 7.44. The van der Waals surface area contributed by atoms with Gasteiger partial charge in [-0.25, -0.2) is 0 Å². The molecule has 0 saturated heterocycles. The predicted octanol–water partition coefficient (Wildman–Crippen LogP) is 5.37. The minimum Gasteiger partial charge on any atom is -0.460 e. The van der Waals surface area contributed by atoms with Crippen LogP contribution in [0.25, 0.3) is 0 Å². The zero-order valence-electron chi connectivity index (χ0n) is 17.7. The molecule has 31 heavy (non-hydrogen) atoms. The lowest BCUT2D eigenvalue weighted by Crippen LogP contribution is -2.41. The van der Waals surface area contributed by atoms with Gasteiger partial charge in [-0.2, -0.15) is 0 Å². The number of allylic oxidation sites excluding steroid dienone is 2. The van der Waals surface area contributed by atoms with Crippen LogP contribution in [0, 0.1) is 16.7 Å². The van der Waals surface area contributed by atoms with E-state index in [0.717, 1.165) is 36.8 Å². The summed E-state index contributed by atoms with van der Waals surface area (Å²) in [4.78, 5) is 26.9. The maximum Gasteiger partial charge on any atom is 0.324 e. The molecule has 4 nitrogen and oxygen atoms in total. The molecule has 0 N–H and O–H groups in total. The standard InChI is InChI=1S/C27H28O4/c28-24(30-17-21-7-3-1-4-8-21)27(25(29)31-18-22-9-5-2-6-10-22)16-23-15-20-11-13-26(23,19-27)14-12-20/h1-10,15,20H,11-14,16-19H2. The maximum absolute atomic E-state index is 13.5. The molecule has 4 aliphatic carbocycles. The first-order valence-corrected chi connectivity index (χ1v) is 11.2. The molecule has 2 fully saturated rings. The average Bonchev–Trinajstić information content (AvgIpc) is 3.19. The highest BCUT2D eigenvalue weighted by molar-refractivity contribution is 6.01. The first kappa shape index (κ1) is 20.0. The Kier molecular flexibility index (Phi) is 5.17. The van der Waals surface area contributed by atoms with Crippen LogP contribution >= 0.6 is 0 Å². The maximum atomic E-state index is 13.5. The Labute approximate surface area is 183 Å². The minimum absolute atomic E-state index is 0.0354. The number of ether oxygens (including phenoxy) is 2. The highest BCUT2D eigenvalue weighted by Gasteiger charge is 2.62. The van der Waals surface area contributed by atoms with Crippen LogP contribution in [0.2, 0.25) is 0 Å². The summed E-state index contributed by atoms with van der Waals surface area (Å²) in [5.41, 5.74) is 1.83. The normalized spacial score (nSPS) is 25.4. The predicted molar refractivity (Wildman–Crippen MR) is 117 cm³/mol. The number of hydrogen-bond acceptors (Lipinski definition) is 4. The van der Waals surface area contributed by atoms with Crippen LogP contribution in [0.1, 0.15) is 49.7 Å². The van der Waals surface area contributed by atoms with E-state index < -0.39 is 17.4 Å². The summed E-state index contributed by atoms with van der Waals surface area (Å²) in [5.74, 6) is -0.293. The molecule has 2 aromatic rings. The first-order valence-electron chi connectivity index (χ1n) is 11.2. The molecule has 0 atom stereocenters. The molecule has 1 spiro atoms. The van der Waals surface area contributed by atoms with E-state index in [1.54, 1.807) is 0 Å². The van der Waals surface area contributed by atoms with E-state index in [1.807, 2.05) is 60.7 Å². The van der Waals surface area contributed by atoms with E-state index in [4.69, 9.17) is 9.47 Å². The molecular formula is C27H28O4. The van der Waals surface area contributed by atoms with Gasteiger partial charge in [0.2, 0.25) is 0 Å². The van der Waals surface area contributed by atoms with Crippen LogP contribution in [0.3, 0.4) is 0 Å². The van der Waals surface area contributed by atoms with Gasteiger partial charge in [0.25, 0.3) is 0 Å². The lowest BCUT2D eigenvalue weighted by atomic mass is 9.61. The van der Waals surface area contributed by atoms with Crippen molar-refractivity contribution in [3.8, 4) is 0 Å². The highest BCUT2D eigenvalue weighted by atomic mass is 16.6. The summed E-state index contributed by atoms with van der Waals surface area (Å²) >= 11 is 0. The summed E-state index contributed by atoms with van der Waals surface area (Å²) in [7, 11) is 0. The molecule has 0 unspecified atom stereocenters. The van der Waals surface area contributed by atoms with Gasteiger partial charge in [0.1, 0.15) is 13.2 Å². The van der Waals surface area contributed by atoms with Crippen LogP contribution in [-0.4, -0.2) is 11.9 Å². The molecule has 160 valence electrons. The molecule has 6 rings (SSSR count). The number of rotatable bonds is 6. The van der Waals surface area contributed by atoms with Crippen molar-refractivity contribution in [2.45, 2.75) is 51.7 Å². The number of carbonyl (C=O) groups is 2. The fourth-order valence-corrected chi connectivity index (χ4v) is 5.74. The van der Waals surface area contributed by atoms with Crippen molar-refractivity contribution in [3.05, 3.63) is 83.4 Å². The Morgan fingerprint density at radius 1 is 0.806 bits per heavy atom. The summed E-state index contributed by atoms with van der Waals surface area (Å²) in [6.07, 6.45) is 7.70. The molecule has 0 aromatic heterocycles. The molecule has 2 bridgehead atoms. The molecule has 4 aliphatic rings. The van der Waals surface area contributed by atoms with Crippen molar-refractivity contribution in [2.75, 3.05) is 0 Å². The van der Waals surface area contributed by atoms with Gasteiger partial charge in [-0.05, 0) is 61.0 Å². The van der Waals surface area contributed by atoms with E-state index in [0.29, 0.717) is 18.8 Å². The SMILES string of the molecule is O=C(OCc1ccccc1)C1(C(=O)OCc2ccccc2)CC2=CC3CCC2(CC3)C1. The minimum atomic E-state index is -1.24. The number of fused-ring (bicyclic) bond motifs is 2. The van der Waals surface area contributed by atoms with Gasteiger partial charge < -0.3 is 9.47 Å². The largest absolute Gasteiger partial charge is 0.460 e. The van der Waals surface area contributed by atoms with E-state index in [-0.39, 0.29) is 18.6 Å². The fourth-order valence-electron chi connectivity index (χ4n) is 5.74. The summed E-state index contributed by atoms with van der Waals surface area (Å²) in [6.45, 7) is 0.337. The topological polar surface area (TPSA) is 52.6 Å². The number of benzene rings is 2. The summed E-state index contributed by atoms with van der Waals surface area (Å²) < 4.78 is 11.5. The third-order valence-electron chi connectivity index (χ3n) is 7.44.